The fourth-order valence-electron chi connectivity index (χ4n) is 1.94. The van der Waals surface area contributed by atoms with Crippen LogP contribution in [0, 0.1) is 5.92 Å². The van der Waals surface area contributed by atoms with Crippen molar-refractivity contribution in [1.29, 1.82) is 0 Å². The fraction of sp³-hybridized carbons (Fsp3) is 0.692. The van der Waals surface area contributed by atoms with Crippen molar-refractivity contribution in [2.24, 2.45) is 5.92 Å². The molecule has 0 saturated carbocycles. The summed E-state index contributed by atoms with van der Waals surface area (Å²) in [5, 5.41) is 0. The highest BCUT2D eigenvalue weighted by Gasteiger charge is 2.19. The van der Waals surface area contributed by atoms with Gasteiger partial charge in [0.2, 0.25) is 0 Å². The largest absolute Gasteiger partial charge is 0.464 e. The number of carbonyl (C=O) groups is 1. The zero-order chi connectivity index (χ0) is 13.7. The van der Waals surface area contributed by atoms with Gasteiger partial charge in [-0.1, -0.05) is 20.8 Å². The summed E-state index contributed by atoms with van der Waals surface area (Å²) in [6.45, 7) is 7.19. The van der Waals surface area contributed by atoms with Gasteiger partial charge in [-0.3, -0.25) is 0 Å². The third-order valence-electron chi connectivity index (χ3n) is 2.94. The summed E-state index contributed by atoms with van der Waals surface area (Å²) in [7, 11) is 1.34. The van der Waals surface area contributed by atoms with Crippen LogP contribution < -0.4 is 5.73 Å². The first kappa shape index (κ1) is 14.5. The molecule has 18 heavy (non-hydrogen) atoms. The van der Waals surface area contributed by atoms with Gasteiger partial charge in [-0.2, -0.15) is 0 Å². The van der Waals surface area contributed by atoms with Crippen LogP contribution in [-0.2, 0) is 17.7 Å². The minimum Gasteiger partial charge on any atom is -0.464 e. The lowest BCUT2D eigenvalue weighted by atomic mass is 10.1. The van der Waals surface area contributed by atoms with Gasteiger partial charge < -0.3 is 15.0 Å². The molecule has 0 aliphatic heterocycles. The minimum atomic E-state index is -0.468. The molecule has 1 heterocycles. The molecule has 102 valence electrons. The lowest BCUT2D eigenvalue weighted by Crippen LogP contribution is -2.10. The number of imidazole rings is 1. The minimum absolute atomic E-state index is 0.235. The van der Waals surface area contributed by atoms with E-state index in [4.69, 9.17) is 5.73 Å². The Morgan fingerprint density at radius 3 is 2.67 bits per heavy atom. The molecule has 0 atom stereocenters. The van der Waals surface area contributed by atoms with Crippen molar-refractivity contribution in [2.75, 3.05) is 12.8 Å². The Balaban J connectivity index is 2.88. The average molecular weight is 253 g/mol. The van der Waals surface area contributed by atoms with Crippen LogP contribution in [0.2, 0.25) is 0 Å². The Hall–Kier alpha value is -1.52. The van der Waals surface area contributed by atoms with Gasteiger partial charge in [0.05, 0.1) is 7.11 Å². The second-order valence-electron chi connectivity index (χ2n) is 4.79. The maximum atomic E-state index is 11.5. The predicted molar refractivity (Wildman–Crippen MR) is 71.4 cm³/mol. The number of esters is 1. The molecule has 1 aromatic rings. The summed E-state index contributed by atoms with van der Waals surface area (Å²) >= 11 is 0. The molecule has 2 N–H and O–H groups in total. The number of nitrogens with zero attached hydrogens (tertiary/aromatic N) is 2. The number of anilines is 1. The second kappa shape index (κ2) is 6.42. The zero-order valence-corrected chi connectivity index (χ0v) is 11.7. The zero-order valence-electron chi connectivity index (χ0n) is 11.7. The van der Waals surface area contributed by atoms with E-state index in [1.807, 2.05) is 11.5 Å². The van der Waals surface area contributed by atoms with Crippen molar-refractivity contribution < 1.29 is 9.53 Å². The summed E-state index contributed by atoms with van der Waals surface area (Å²) < 4.78 is 6.60. The van der Waals surface area contributed by atoms with E-state index in [9.17, 15) is 4.79 Å². The average Bonchev–Trinajstić information content (AvgIpc) is 2.65. The number of hydrogen-bond donors (Lipinski definition) is 1. The Morgan fingerprint density at radius 1 is 1.50 bits per heavy atom. The van der Waals surface area contributed by atoms with Gasteiger partial charge in [0.25, 0.3) is 0 Å². The molecule has 0 aliphatic carbocycles. The molecule has 0 fully saturated rings. The number of aryl methyl sites for hydroxylation is 1. The van der Waals surface area contributed by atoms with E-state index in [1.165, 1.54) is 7.11 Å². The van der Waals surface area contributed by atoms with E-state index in [-0.39, 0.29) is 5.69 Å². The van der Waals surface area contributed by atoms with E-state index < -0.39 is 5.97 Å². The van der Waals surface area contributed by atoms with Crippen LogP contribution in [0.5, 0.6) is 0 Å². The standard InChI is InChI=1S/C13H23N3O2/c1-5-10-15-11(13(17)18-4)12(14)16(10)8-6-7-9(2)3/h9H,5-8,14H2,1-4H3. The van der Waals surface area contributed by atoms with Crippen molar-refractivity contribution in [3.05, 3.63) is 11.5 Å². The van der Waals surface area contributed by atoms with E-state index >= 15 is 0 Å². The fourth-order valence-corrected chi connectivity index (χ4v) is 1.94. The number of methoxy groups -OCH3 is 1. The van der Waals surface area contributed by atoms with Crippen LogP contribution in [0.1, 0.15) is 49.9 Å². The number of rotatable bonds is 6. The first-order chi connectivity index (χ1) is 8.51. The Kier molecular flexibility index (Phi) is 5.19. The summed E-state index contributed by atoms with van der Waals surface area (Å²) in [5.74, 6) is 1.46. The SMILES string of the molecule is CCc1nc(C(=O)OC)c(N)n1CCCC(C)C. The van der Waals surface area contributed by atoms with Crippen LogP contribution in [0.15, 0.2) is 0 Å². The summed E-state index contributed by atoms with van der Waals surface area (Å²) in [4.78, 5) is 15.8. The van der Waals surface area contributed by atoms with Crippen LogP contribution in [0.4, 0.5) is 5.82 Å². The van der Waals surface area contributed by atoms with E-state index in [0.29, 0.717) is 11.7 Å². The quantitative estimate of drug-likeness (QED) is 0.789. The Labute approximate surface area is 108 Å². The van der Waals surface area contributed by atoms with Crippen molar-refractivity contribution in [2.45, 2.75) is 46.6 Å². The van der Waals surface area contributed by atoms with E-state index in [2.05, 4.69) is 23.6 Å². The van der Waals surface area contributed by atoms with E-state index in [1.54, 1.807) is 0 Å². The van der Waals surface area contributed by atoms with Crippen LogP contribution in [0.3, 0.4) is 0 Å². The number of aromatic nitrogens is 2. The molecule has 0 spiro atoms. The molecule has 1 rings (SSSR count). The maximum Gasteiger partial charge on any atom is 0.360 e. The number of nitrogens with two attached hydrogens (primary N) is 1. The van der Waals surface area contributed by atoms with Crippen molar-refractivity contribution in [3.8, 4) is 0 Å². The smallest absolute Gasteiger partial charge is 0.360 e. The highest BCUT2D eigenvalue weighted by Crippen LogP contribution is 2.18. The van der Waals surface area contributed by atoms with Gasteiger partial charge in [-0.15, -0.1) is 0 Å². The molecular formula is C13H23N3O2. The second-order valence-corrected chi connectivity index (χ2v) is 4.79. The van der Waals surface area contributed by atoms with Gasteiger partial charge in [-0.05, 0) is 18.8 Å². The lowest BCUT2D eigenvalue weighted by molar-refractivity contribution is 0.0595. The summed E-state index contributed by atoms with van der Waals surface area (Å²) in [6.07, 6.45) is 2.92. The molecule has 0 saturated heterocycles. The first-order valence-electron chi connectivity index (χ1n) is 6.44. The Bertz CT molecular complexity index is 411. The topological polar surface area (TPSA) is 70.1 Å². The van der Waals surface area contributed by atoms with Crippen LogP contribution >= 0.6 is 0 Å². The van der Waals surface area contributed by atoms with Crippen LogP contribution in [-0.4, -0.2) is 22.6 Å². The van der Waals surface area contributed by atoms with Crippen molar-refractivity contribution in [1.82, 2.24) is 9.55 Å². The molecule has 0 radical (unpaired) electrons. The normalized spacial score (nSPS) is 10.9. The van der Waals surface area contributed by atoms with Gasteiger partial charge in [0, 0.05) is 13.0 Å². The predicted octanol–water partition coefficient (Wildman–Crippen LogP) is 2.25. The molecule has 0 aromatic carbocycles. The van der Waals surface area contributed by atoms with E-state index in [0.717, 1.165) is 31.6 Å². The summed E-state index contributed by atoms with van der Waals surface area (Å²) in [5.41, 5.74) is 6.21. The highest BCUT2D eigenvalue weighted by atomic mass is 16.5. The van der Waals surface area contributed by atoms with Crippen molar-refractivity contribution in [3.63, 3.8) is 0 Å². The monoisotopic (exact) mass is 253 g/mol. The summed E-state index contributed by atoms with van der Waals surface area (Å²) in [6, 6.07) is 0. The molecule has 0 amide bonds. The van der Waals surface area contributed by atoms with Gasteiger partial charge in [-0.25, -0.2) is 9.78 Å². The number of hydrogen-bond acceptors (Lipinski definition) is 4. The van der Waals surface area contributed by atoms with Gasteiger partial charge in [0.1, 0.15) is 11.6 Å². The number of nitrogen functional groups attached to an aromatic ring is 1. The lowest BCUT2D eigenvalue weighted by Gasteiger charge is -2.10. The molecule has 0 unspecified atom stereocenters. The molecule has 5 nitrogen and oxygen atoms in total. The molecule has 0 bridgehead atoms. The molecule has 5 heteroatoms. The Morgan fingerprint density at radius 2 is 2.17 bits per heavy atom. The van der Waals surface area contributed by atoms with Gasteiger partial charge in [0.15, 0.2) is 5.69 Å². The van der Waals surface area contributed by atoms with Crippen LogP contribution in [0.25, 0.3) is 0 Å². The number of carbonyl (C=O) groups excluding carboxylic acids is 1. The molecule has 0 aliphatic rings. The first-order valence-corrected chi connectivity index (χ1v) is 6.44. The third kappa shape index (κ3) is 3.24. The highest BCUT2D eigenvalue weighted by molar-refractivity contribution is 5.92. The third-order valence-corrected chi connectivity index (χ3v) is 2.94. The maximum absolute atomic E-state index is 11.5. The molecule has 1 aromatic heterocycles. The molecular weight excluding hydrogens is 230 g/mol. The number of ether oxygens (including phenoxy) is 1. The van der Waals surface area contributed by atoms with Crippen molar-refractivity contribution >= 4 is 11.8 Å². The van der Waals surface area contributed by atoms with Gasteiger partial charge >= 0.3 is 5.97 Å².